The van der Waals surface area contributed by atoms with Gasteiger partial charge < -0.3 is 15.8 Å². The minimum absolute atomic E-state index is 0.0877. The van der Waals surface area contributed by atoms with Gasteiger partial charge in [0.25, 0.3) is 0 Å². The summed E-state index contributed by atoms with van der Waals surface area (Å²) in [7, 11) is 1.79. The van der Waals surface area contributed by atoms with Gasteiger partial charge in [-0.2, -0.15) is 5.10 Å². The van der Waals surface area contributed by atoms with E-state index < -0.39 is 0 Å². The van der Waals surface area contributed by atoms with E-state index in [4.69, 9.17) is 5.73 Å². The second-order valence-corrected chi connectivity index (χ2v) is 7.13. The molecule has 5 rings (SSSR count). The molecule has 3 heterocycles. The molecule has 7 heteroatoms. The first-order valence-corrected chi connectivity index (χ1v) is 9.60. The topological polar surface area (TPSA) is 106 Å². The first-order chi connectivity index (χ1) is 14.6. The van der Waals surface area contributed by atoms with Gasteiger partial charge in [-0.15, -0.1) is 0 Å². The number of nitrogens with two attached hydrogens (primary N) is 1. The zero-order chi connectivity index (χ0) is 20.7. The summed E-state index contributed by atoms with van der Waals surface area (Å²) < 4.78 is 1.64. The molecule has 0 aliphatic heterocycles. The maximum absolute atomic E-state index is 11.0. The molecule has 5 aromatic rings. The van der Waals surface area contributed by atoms with Crippen LogP contribution in [-0.4, -0.2) is 29.8 Å². The van der Waals surface area contributed by atoms with Gasteiger partial charge in [0.1, 0.15) is 11.4 Å². The lowest BCUT2D eigenvalue weighted by Gasteiger charge is -2.03. The number of aryl methyl sites for hydroxylation is 1. The molecule has 7 nitrogen and oxygen atoms in total. The van der Waals surface area contributed by atoms with Crippen molar-refractivity contribution in [3.63, 3.8) is 0 Å². The van der Waals surface area contributed by atoms with E-state index in [2.05, 4.69) is 20.1 Å². The van der Waals surface area contributed by atoms with Crippen molar-refractivity contribution in [2.24, 2.45) is 12.8 Å². The van der Waals surface area contributed by atoms with Crippen LogP contribution in [0.4, 0.5) is 0 Å². The zero-order valence-electron chi connectivity index (χ0n) is 16.4. The van der Waals surface area contributed by atoms with Crippen molar-refractivity contribution in [1.82, 2.24) is 24.7 Å². The normalized spacial score (nSPS) is 11.3. The smallest absolute Gasteiger partial charge is 0.173 e. The van der Waals surface area contributed by atoms with Gasteiger partial charge in [0.15, 0.2) is 11.6 Å². The molecule has 0 atom stereocenters. The molecule has 0 saturated heterocycles. The van der Waals surface area contributed by atoms with Crippen molar-refractivity contribution >= 4 is 11.0 Å². The molecule has 2 aromatic carbocycles. The molecule has 0 spiro atoms. The molecule has 4 N–H and O–H groups in total. The number of rotatable bonds is 4. The predicted molar refractivity (Wildman–Crippen MR) is 117 cm³/mol. The third-order valence-corrected chi connectivity index (χ3v) is 5.18. The first-order valence-electron chi connectivity index (χ1n) is 9.60. The van der Waals surface area contributed by atoms with E-state index in [-0.39, 0.29) is 5.75 Å². The monoisotopic (exact) mass is 396 g/mol. The zero-order valence-corrected chi connectivity index (χ0v) is 16.4. The van der Waals surface area contributed by atoms with Gasteiger partial charge in [-0.25, -0.2) is 4.98 Å². The highest BCUT2D eigenvalue weighted by Gasteiger charge is 2.21. The molecular formula is C23H20N6O. The number of fused-ring (bicyclic) bond motifs is 1. The van der Waals surface area contributed by atoms with E-state index in [0.29, 0.717) is 23.8 Å². The van der Waals surface area contributed by atoms with Crippen LogP contribution in [-0.2, 0) is 13.6 Å². The van der Waals surface area contributed by atoms with Gasteiger partial charge in [-0.3, -0.25) is 9.67 Å². The number of H-pyrrole nitrogens is 1. The van der Waals surface area contributed by atoms with E-state index in [1.807, 2.05) is 60.8 Å². The summed E-state index contributed by atoms with van der Waals surface area (Å²) in [5.41, 5.74) is 12.4. The molecule has 0 bridgehead atoms. The predicted octanol–water partition coefficient (Wildman–Crippen LogP) is 3.86. The van der Waals surface area contributed by atoms with Crippen LogP contribution >= 0.6 is 0 Å². The van der Waals surface area contributed by atoms with Crippen LogP contribution in [0.2, 0.25) is 0 Å². The third kappa shape index (κ3) is 3.01. The maximum atomic E-state index is 11.0. The lowest BCUT2D eigenvalue weighted by molar-refractivity contribution is 0.478. The largest absolute Gasteiger partial charge is 0.504 e. The van der Waals surface area contributed by atoms with Gasteiger partial charge >= 0.3 is 0 Å². The molecule has 0 radical (unpaired) electrons. The van der Waals surface area contributed by atoms with Crippen LogP contribution in [0.25, 0.3) is 44.9 Å². The van der Waals surface area contributed by atoms with Gasteiger partial charge in [-0.1, -0.05) is 36.4 Å². The second kappa shape index (κ2) is 7.13. The van der Waals surface area contributed by atoms with E-state index >= 15 is 0 Å². The molecule has 30 heavy (non-hydrogen) atoms. The first kappa shape index (κ1) is 18.1. The fourth-order valence-electron chi connectivity index (χ4n) is 3.62. The van der Waals surface area contributed by atoms with Gasteiger partial charge in [0.2, 0.25) is 0 Å². The number of imidazole rings is 1. The van der Waals surface area contributed by atoms with Crippen LogP contribution < -0.4 is 5.73 Å². The number of aromatic hydroxyl groups is 1. The number of hydrogen-bond donors (Lipinski definition) is 3. The van der Waals surface area contributed by atoms with Crippen LogP contribution in [0, 0.1) is 0 Å². The Morgan fingerprint density at radius 3 is 2.57 bits per heavy atom. The number of nitrogens with zero attached hydrogens (tertiary/aromatic N) is 4. The summed E-state index contributed by atoms with van der Waals surface area (Å²) in [4.78, 5) is 12.0. The van der Waals surface area contributed by atoms with Crippen LogP contribution in [0.1, 0.15) is 5.56 Å². The molecule has 3 aromatic heterocycles. The second-order valence-electron chi connectivity index (χ2n) is 7.13. The number of aromatic amines is 1. The van der Waals surface area contributed by atoms with E-state index in [0.717, 1.165) is 33.3 Å². The van der Waals surface area contributed by atoms with Crippen LogP contribution in [0.5, 0.6) is 5.75 Å². The Balaban J connectivity index is 1.54. The number of nitrogens with one attached hydrogen (secondary N) is 1. The number of benzene rings is 2. The van der Waals surface area contributed by atoms with Crippen molar-refractivity contribution in [2.75, 3.05) is 0 Å². The molecule has 148 valence electrons. The summed E-state index contributed by atoms with van der Waals surface area (Å²) in [6.07, 6.45) is 3.57. The highest BCUT2D eigenvalue weighted by Crippen LogP contribution is 2.37. The van der Waals surface area contributed by atoms with Crippen molar-refractivity contribution in [1.29, 1.82) is 0 Å². The van der Waals surface area contributed by atoms with Gasteiger partial charge in [0.05, 0.1) is 11.0 Å². The summed E-state index contributed by atoms with van der Waals surface area (Å²) in [5.74, 6) is 0.648. The van der Waals surface area contributed by atoms with E-state index in [9.17, 15) is 5.11 Å². The Labute approximate surface area is 172 Å². The summed E-state index contributed by atoms with van der Waals surface area (Å²) >= 11 is 0. The Kier molecular flexibility index (Phi) is 4.30. The summed E-state index contributed by atoms with van der Waals surface area (Å²) in [6, 6.07) is 17.6. The van der Waals surface area contributed by atoms with Gasteiger partial charge in [0, 0.05) is 31.5 Å². The molecule has 0 fully saturated rings. The highest BCUT2D eigenvalue weighted by molar-refractivity contribution is 5.83. The molecule has 0 saturated carbocycles. The molecular weight excluding hydrogens is 376 g/mol. The number of hydrogen-bond acceptors (Lipinski definition) is 5. The standard InChI is InChI=1S/C23H20N6O/c1-29-21(23-26-18-9-4-14(12-24)11-19(18)27-23)22(30)20(28-29)16-7-5-15(6-8-16)17-3-2-10-25-13-17/h2-11,13,30H,12,24H2,1H3,(H,26,27). The minimum atomic E-state index is 0.0877. The van der Waals surface area contributed by atoms with Crippen molar-refractivity contribution in [2.45, 2.75) is 6.54 Å². The average molecular weight is 396 g/mol. The summed E-state index contributed by atoms with van der Waals surface area (Å²) in [5, 5.41) is 15.5. The fourth-order valence-corrected chi connectivity index (χ4v) is 3.62. The van der Waals surface area contributed by atoms with E-state index in [1.54, 1.807) is 17.9 Å². The Hall–Kier alpha value is -3.97. The Bertz CT molecular complexity index is 1340. The lowest BCUT2D eigenvalue weighted by Crippen LogP contribution is -1.95. The molecule has 0 unspecified atom stereocenters. The summed E-state index contributed by atoms with van der Waals surface area (Å²) in [6.45, 7) is 0.459. The molecule has 0 aliphatic carbocycles. The quantitative estimate of drug-likeness (QED) is 0.428. The minimum Gasteiger partial charge on any atom is -0.504 e. The molecule has 0 amide bonds. The van der Waals surface area contributed by atoms with Crippen molar-refractivity contribution in [3.8, 4) is 39.7 Å². The molecule has 0 aliphatic rings. The van der Waals surface area contributed by atoms with Crippen molar-refractivity contribution < 1.29 is 5.11 Å². The average Bonchev–Trinajstić information content (AvgIpc) is 3.33. The fraction of sp³-hybridized carbons (Fsp3) is 0.0870. The highest BCUT2D eigenvalue weighted by atomic mass is 16.3. The van der Waals surface area contributed by atoms with Crippen LogP contribution in [0.3, 0.4) is 0 Å². The lowest BCUT2D eigenvalue weighted by atomic mass is 10.0. The SMILES string of the molecule is Cn1nc(-c2ccc(-c3cccnc3)cc2)c(O)c1-c1nc2ccc(CN)cc2[nH]1. The number of pyridine rings is 1. The van der Waals surface area contributed by atoms with Crippen LogP contribution in [0.15, 0.2) is 67.0 Å². The Morgan fingerprint density at radius 1 is 1.03 bits per heavy atom. The maximum Gasteiger partial charge on any atom is 0.173 e. The van der Waals surface area contributed by atoms with E-state index in [1.165, 1.54) is 0 Å². The Morgan fingerprint density at radius 2 is 1.83 bits per heavy atom. The number of aromatic nitrogens is 5. The van der Waals surface area contributed by atoms with Crippen molar-refractivity contribution in [3.05, 3.63) is 72.6 Å². The van der Waals surface area contributed by atoms with Gasteiger partial charge in [-0.05, 0) is 34.9 Å². The third-order valence-electron chi connectivity index (χ3n) is 5.18.